The van der Waals surface area contributed by atoms with Crippen LogP contribution in [0.4, 0.5) is 10.5 Å². The number of anilines is 1. The zero-order valence-electron chi connectivity index (χ0n) is 14.0. The molecular weight excluding hydrogens is 330 g/mol. The lowest BCUT2D eigenvalue weighted by Crippen LogP contribution is -2.31. The number of aromatic amines is 1. The van der Waals surface area contributed by atoms with E-state index in [1.807, 2.05) is 66.3 Å². The van der Waals surface area contributed by atoms with E-state index in [0.29, 0.717) is 11.5 Å². The molecule has 0 saturated carbocycles. The Balaban J connectivity index is 1.45. The molecular formula is C18H17N7O. The average Bonchev–Trinajstić information content (AvgIpc) is 3.32. The fourth-order valence-electron chi connectivity index (χ4n) is 2.72. The maximum atomic E-state index is 12.1. The van der Waals surface area contributed by atoms with Crippen LogP contribution in [-0.4, -0.2) is 31.0 Å². The number of nitrogens with zero attached hydrogens (tertiary/aromatic N) is 4. The number of para-hydroxylation sites is 1. The molecule has 2 aromatic heterocycles. The zero-order chi connectivity index (χ0) is 17.9. The van der Waals surface area contributed by atoms with Crippen molar-refractivity contribution in [2.45, 2.75) is 13.0 Å². The van der Waals surface area contributed by atoms with Crippen LogP contribution in [0.1, 0.15) is 18.8 Å². The predicted octanol–water partition coefficient (Wildman–Crippen LogP) is 3.03. The quantitative estimate of drug-likeness (QED) is 0.528. The highest BCUT2D eigenvalue weighted by molar-refractivity contribution is 5.89. The van der Waals surface area contributed by atoms with Crippen molar-refractivity contribution >= 4 is 22.6 Å². The summed E-state index contributed by atoms with van der Waals surface area (Å²) >= 11 is 0. The van der Waals surface area contributed by atoms with Gasteiger partial charge in [-0.2, -0.15) is 10.2 Å². The van der Waals surface area contributed by atoms with E-state index < -0.39 is 0 Å². The summed E-state index contributed by atoms with van der Waals surface area (Å²) in [5.41, 5.74) is 2.64. The van der Waals surface area contributed by atoms with E-state index in [2.05, 4.69) is 30.9 Å². The molecule has 0 aliphatic carbocycles. The van der Waals surface area contributed by atoms with E-state index in [4.69, 9.17) is 0 Å². The number of benzene rings is 2. The number of H-pyrrole nitrogens is 1. The Morgan fingerprint density at radius 2 is 1.96 bits per heavy atom. The number of nitrogens with one attached hydrogen (secondary N) is 3. The Bertz CT molecular complexity index is 1020. The van der Waals surface area contributed by atoms with Crippen LogP contribution in [0.15, 0.2) is 61.1 Å². The van der Waals surface area contributed by atoms with Crippen LogP contribution < -0.4 is 10.6 Å². The van der Waals surface area contributed by atoms with Gasteiger partial charge in [-0.25, -0.2) is 14.5 Å². The van der Waals surface area contributed by atoms with Crippen molar-refractivity contribution in [3.05, 3.63) is 66.9 Å². The first kappa shape index (κ1) is 15.8. The number of aromatic nitrogens is 5. The van der Waals surface area contributed by atoms with Gasteiger partial charge in [-0.05, 0) is 37.3 Å². The highest BCUT2D eigenvalue weighted by atomic mass is 16.2. The van der Waals surface area contributed by atoms with Crippen molar-refractivity contribution in [1.29, 1.82) is 0 Å². The lowest BCUT2D eigenvalue weighted by Gasteiger charge is -2.12. The van der Waals surface area contributed by atoms with Crippen molar-refractivity contribution in [3.8, 4) is 5.69 Å². The van der Waals surface area contributed by atoms with Gasteiger partial charge in [0, 0.05) is 11.1 Å². The van der Waals surface area contributed by atoms with Gasteiger partial charge in [0.05, 0.1) is 23.4 Å². The minimum absolute atomic E-state index is 0.271. The molecule has 8 nitrogen and oxygen atoms in total. The van der Waals surface area contributed by atoms with Crippen molar-refractivity contribution in [3.63, 3.8) is 0 Å². The first-order valence-corrected chi connectivity index (χ1v) is 8.17. The summed E-state index contributed by atoms with van der Waals surface area (Å²) in [6.45, 7) is 1.83. The van der Waals surface area contributed by atoms with Crippen LogP contribution in [0.5, 0.6) is 0 Å². The van der Waals surface area contributed by atoms with Crippen LogP contribution >= 0.6 is 0 Å². The van der Waals surface area contributed by atoms with E-state index in [9.17, 15) is 4.79 Å². The van der Waals surface area contributed by atoms with Crippen molar-refractivity contribution in [1.82, 2.24) is 30.3 Å². The van der Waals surface area contributed by atoms with Crippen LogP contribution in [-0.2, 0) is 0 Å². The molecule has 0 aliphatic rings. The molecule has 130 valence electrons. The van der Waals surface area contributed by atoms with Gasteiger partial charge in [-0.3, -0.25) is 5.10 Å². The molecule has 0 saturated heterocycles. The summed E-state index contributed by atoms with van der Waals surface area (Å²) in [5, 5.41) is 17.6. The second-order valence-corrected chi connectivity index (χ2v) is 5.85. The fraction of sp³-hybridized carbons (Fsp3) is 0.111. The van der Waals surface area contributed by atoms with E-state index in [-0.39, 0.29) is 12.1 Å². The van der Waals surface area contributed by atoms with Crippen LogP contribution in [0.3, 0.4) is 0 Å². The maximum absolute atomic E-state index is 12.1. The molecule has 8 heteroatoms. The van der Waals surface area contributed by atoms with Gasteiger partial charge in [0.1, 0.15) is 12.2 Å². The third-order valence-corrected chi connectivity index (χ3v) is 4.04. The number of carbonyl (C=O) groups is 1. The van der Waals surface area contributed by atoms with Crippen molar-refractivity contribution in [2.75, 3.05) is 5.32 Å². The molecule has 0 bridgehead atoms. The lowest BCUT2D eigenvalue weighted by molar-refractivity contribution is 0.249. The standard InChI is InChI=1S/C18H17N7O/c1-12(17-19-11-20-24-17)22-18(26)23-14-6-8-15(9-7-14)25-16-5-3-2-4-13(16)10-21-25/h2-12H,1H3,(H,19,20,24)(H2,22,23,26). The largest absolute Gasteiger partial charge is 0.328 e. The van der Waals surface area contributed by atoms with Gasteiger partial charge < -0.3 is 10.6 Å². The molecule has 4 aromatic rings. The van der Waals surface area contributed by atoms with Crippen LogP contribution in [0, 0.1) is 0 Å². The van der Waals surface area contributed by atoms with Gasteiger partial charge in [0.25, 0.3) is 0 Å². The summed E-state index contributed by atoms with van der Waals surface area (Å²) in [6, 6.07) is 14.9. The Labute approximate surface area is 149 Å². The van der Waals surface area contributed by atoms with E-state index in [1.165, 1.54) is 6.33 Å². The molecule has 26 heavy (non-hydrogen) atoms. The number of hydrogen-bond acceptors (Lipinski definition) is 4. The molecule has 3 N–H and O–H groups in total. The molecule has 0 fully saturated rings. The summed E-state index contributed by atoms with van der Waals surface area (Å²) < 4.78 is 1.87. The van der Waals surface area contributed by atoms with Crippen molar-refractivity contribution < 1.29 is 4.79 Å². The minimum atomic E-state index is -0.314. The number of rotatable bonds is 4. The van der Waals surface area contributed by atoms with Gasteiger partial charge in [0.2, 0.25) is 0 Å². The monoisotopic (exact) mass is 347 g/mol. The number of hydrogen-bond donors (Lipinski definition) is 3. The normalized spacial score (nSPS) is 12.0. The molecule has 2 aromatic carbocycles. The maximum Gasteiger partial charge on any atom is 0.319 e. The van der Waals surface area contributed by atoms with E-state index in [1.54, 1.807) is 0 Å². The third-order valence-electron chi connectivity index (χ3n) is 4.04. The zero-order valence-corrected chi connectivity index (χ0v) is 14.0. The van der Waals surface area contributed by atoms with Gasteiger partial charge in [-0.15, -0.1) is 0 Å². The minimum Gasteiger partial charge on any atom is -0.328 e. The molecule has 2 heterocycles. The summed E-state index contributed by atoms with van der Waals surface area (Å²) in [4.78, 5) is 16.1. The highest BCUT2D eigenvalue weighted by Crippen LogP contribution is 2.19. The predicted molar refractivity (Wildman–Crippen MR) is 98.0 cm³/mol. The average molecular weight is 347 g/mol. The van der Waals surface area contributed by atoms with Crippen LogP contribution in [0.25, 0.3) is 16.6 Å². The topological polar surface area (TPSA) is 101 Å². The molecule has 0 radical (unpaired) electrons. The van der Waals surface area contributed by atoms with E-state index in [0.717, 1.165) is 16.6 Å². The molecule has 1 unspecified atom stereocenters. The molecule has 0 aliphatic heterocycles. The first-order chi connectivity index (χ1) is 12.7. The first-order valence-electron chi connectivity index (χ1n) is 8.17. The Kier molecular flexibility index (Phi) is 4.06. The summed E-state index contributed by atoms with van der Waals surface area (Å²) in [6.07, 6.45) is 3.24. The SMILES string of the molecule is CC(NC(=O)Nc1ccc(-n2ncc3ccccc32)cc1)c1ncn[nH]1. The number of fused-ring (bicyclic) bond motifs is 1. The lowest BCUT2D eigenvalue weighted by atomic mass is 10.2. The van der Waals surface area contributed by atoms with E-state index >= 15 is 0 Å². The van der Waals surface area contributed by atoms with Crippen LogP contribution in [0.2, 0.25) is 0 Å². The second kappa shape index (κ2) is 6.67. The summed E-state index contributed by atoms with van der Waals surface area (Å²) in [7, 11) is 0. The number of urea groups is 1. The third kappa shape index (κ3) is 3.12. The number of carbonyl (C=O) groups excluding carboxylic acids is 1. The highest BCUT2D eigenvalue weighted by Gasteiger charge is 2.12. The van der Waals surface area contributed by atoms with Crippen molar-refractivity contribution in [2.24, 2.45) is 0 Å². The van der Waals surface area contributed by atoms with Gasteiger partial charge >= 0.3 is 6.03 Å². The second-order valence-electron chi connectivity index (χ2n) is 5.85. The molecule has 0 spiro atoms. The Morgan fingerprint density at radius 1 is 1.15 bits per heavy atom. The smallest absolute Gasteiger partial charge is 0.319 e. The number of amides is 2. The van der Waals surface area contributed by atoms with Gasteiger partial charge in [0.15, 0.2) is 0 Å². The molecule has 2 amide bonds. The summed E-state index contributed by atoms with van der Waals surface area (Å²) in [5.74, 6) is 0.598. The Morgan fingerprint density at radius 3 is 2.73 bits per heavy atom. The Hall–Kier alpha value is -3.68. The fourth-order valence-corrected chi connectivity index (χ4v) is 2.72. The molecule has 1 atom stereocenters. The van der Waals surface area contributed by atoms with Gasteiger partial charge in [-0.1, -0.05) is 18.2 Å². The molecule has 4 rings (SSSR count).